The predicted molar refractivity (Wildman–Crippen MR) is 82.3 cm³/mol. The van der Waals surface area contributed by atoms with Gasteiger partial charge in [0.1, 0.15) is 0 Å². The van der Waals surface area contributed by atoms with Gasteiger partial charge in [0, 0.05) is 23.4 Å². The maximum atomic E-state index is 12.7. The Balaban J connectivity index is 1.66. The quantitative estimate of drug-likeness (QED) is 0.899. The zero-order valence-corrected chi connectivity index (χ0v) is 13.2. The molecule has 1 heterocycles. The Bertz CT molecular complexity index is 726. The van der Waals surface area contributed by atoms with Gasteiger partial charge in [-0.05, 0) is 24.0 Å². The van der Waals surface area contributed by atoms with E-state index in [1.165, 1.54) is 17.4 Å². The summed E-state index contributed by atoms with van der Waals surface area (Å²) in [6.07, 6.45) is -1.49. The lowest BCUT2D eigenvalue weighted by atomic mass is 10.1. The van der Waals surface area contributed by atoms with Crippen LogP contribution in [0.4, 0.5) is 18.3 Å². The fourth-order valence-corrected chi connectivity index (χ4v) is 3.24. The number of hydrogen-bond acceptors (Lipinski definition) is 3. The van der Waals surface area contributed by atoms with Gasteiger partial charge < -0.3 is 5.32 Å². The first-order valence-electron chi connectivity index (χ1n) is 7.24. The Hall–Kier alpha value is -1.89. The third-order valence-corrected chi connectivity index (χ3v) is 4.78. The highest BCUT2D eigenvalue weighted by molar-refractivity contribution is 7.15. The predicted octanol–water partition coefficient (Wildman–Crippen LogP) is 4.35. The Morgan fingerprint density at radius 3 is 2.83 bits per heavy atom. The minimum Gasteiger partial charge on any atom is -0.302 e. The van der Waals surface area contributed by atoms with Crippen LogP contribution in [-0.4, -0.2) is 10.9 Å². The lowest BCUT2D eigenvalue weighted by Crippen LogP contribution is -2.13. The lowest BCUT2D eigenvalue weighted by Gasteiger charge is -2.07. The number of carbonyl (C=O) groups is 1. The number of aromatic nitrogens is 1. The van der Waals surface area contributed by atoms with Crippen molar-refractivity contribution in [3.8, 4) is 0 Å². The number of amides is 1. The molecule has 1 aliphatic carbocycles. The number of hydrogen-bond donors (Lipinski definition) is 1. The maximum absolute atomic E-state index is 12.7. The molecule has 122 valence electrons. The van der Waals surface area contributed by atoms with Crippen molar-refractivity contribution in [2.75, 3.05) is 5.32 Å². The average molecular weight is 340 g/mol. The molecule has 1 fully saturated rings. The first kappa shape index (κ1) is 16.0. The fraction of sp³-hybridized carbons (Fsp3) is 0.375. The molecule has 1 aliphatic rings. The summed E-state index contributed by atoms with van der Waals surface area (Å²) >= 11 is 1.29. The molecular formula is C16H15F3N2OS. The number of halogens is 3. The maximum Gasteiger partial charge on any atom is 0.416 e. The largest absolute Gasteiger partial charge is 0.416 e. The standard InChI is InChI=1S/C16H15F3N2OS/c1-9-5-13(9)14(22)21-15-20-8-12(23-15)7-10-3-2-4-11(6-10)16(17,18)19/h2-4,6,8-9,13H,5,7H2,1H3,(H,20,21,22)/t9-,13+/m0/s1. The summed E-state index contributed by atoms with van der Waals surface area (Å²) in [6, 6.07) is 5.25. The van der Waals surface area contributed by atoms with E-state index in [0.29, 0.717) is 23.0 Å². The number of nitrogens with one attached hydrogen (secondary N) is 1. The van der Waals surface area contributed by atoms with Gasteiger partial charge in [0.2, 0.25) is 5.91 Å². The van der Waals surface area contributed by atoms with Crippen molar-refractivity contribution in [1.29, 1.82) is 0 Å². The molecule has 0 bridgehead atoms. The highest BCUT2D eigenvalue weighted by atomic mass is 32.1. The number of thiazole rings is 1. The molecule has 1 aromatic heterocycles. The van der Waals surface area contributed by atoms with E-state index in [-0.39, 0.29) is 11.8 Å². The van der Waals surface area contributed by atoms with Crippen LogP contribution in [0.2, 0.25) is 0 Å². The molecule has 3 rings (SSSR count). The number of anilines is 1. The first-order chi connectivity index (χ1) is 10.8. The van der Waals surface area contributed by atoms with Crippen LogP contribution >= 0.6 is 11.3 Å². The monoisotopic (exact) mass is 340 g/mol. The van der Waals surface area contributed by atoms with E-state index in [4.69, 9.17) is 0 Å². The Kier molecular flexibility index (Phi) is 4.14. The van der Waals surface area contributed by atoms with Gasteiger partial charge in [0.05, 0.1) is 5.56 Å². The van der Waals surface area contributed by atoms with Gasteiger partial charge in [0.15, 0.2) is 5.13 Å². The van der Waals surface area contributed by atoms with Crippen molar-refractivity contribution < 1.29 is 18.0 Å². The molecule has 23 heavy (non-hydrogen) atoms. The second-order valence-corrected chi connectivity index (χ2v) is 6.93. The summed E-state index contributed by atoms with van der Waals surface area (Å²) in [5.41, 5.74) is -0.0899. The summed E-state index contributed by atoms with van der Waals surface area (Å²) in [5, 5.41) is 3.26. The summed E-state index contributed by atoms with van der Waals surface area (Å²) in [6.45, 7) is 2.02. The fourth-order valence-electron chi connectivity index (χ4n) is 2.39. The Labute approximate surface area is 135 Å². The van der Waals surface area contributed by atoms with Crippen LogP contribution in [0, 0.1) is 11.8 Å². The summed E-state index contributed by atoms with van der Waals surface area (Å²) in [5.74, 6) is 0.447. The zero-order valence-electron chi connectivity index (χ0n) is 12.4. The summed E-state index contributed by atoms with van der Waals surface area (Å²) in [4.78, 5) is 16.8. The van der Waals surface area contributed by atoms with Gasteiger partial charge in [-0.2, -0.15) is 13.2 Å². The van der Waals surface area contributed by atoms with Crippen molar-refractivity contribution in [2.24, 2.45) is 11.8 Å². The third-order valence-electron chi connectivity index (χ3n) is 3.86. The molecule has 0 unspecified atom stereocenters. The van der Waals surface area contributed by atoms with Crippen LogP contribution in [-0.2, 0) is 17.4 Å². The van der Waals surface area contributed by atoms with Gasteiger partial charge in [-0.25, -0.2) is 4.98 Å². The van der Waals surface area contributed by atoms with Crippen LogP contribution in [0.25, 0.3) is 0 Å². The van der Waals surface area contributed by atoms with Crippen LogP contribution in [0.3, 0.4) is 0 Å². The van der Waals surface area contributed by atoms with E-state index in [0.717, 1.165) is 23.4 Å². The minimum atomic E-state index is -4.34. The van der Waals surface area contributed by atoms with E-state index in [9.17, 15) is 18.0 Å². The van der Waals surface area contributed by atoms with Crippen molar-refractivity contribution in [3.05, 3.63) is 46.5 Å². The Morgan fingerprint density at radius 1 is 1.43 bits per heavy atom. The molecule has 7 heteroatoms. The molecule has 2 aromatic rings. The van der Waals surface area contributed by atoms with E-state index < -0.39 is 11.7 Å². The highest BCUT2D eigenvalue weighted by Crippen LogP contribution is 2.38. The second kappa shape index (κ2) is 5.96. The van der Waals surface area contributed by atoms with Crippen LogP contribution < -0.4 is 5.32 Å². The molecule has 1 saturated carbocycles. The minimum absolute atomic E-state index is 0.0301. The molecule has 1 aromatic carbocycles. The Morgan fingerprint density at radius 2 is 2.17 bits per heavy atom. The van der Waals surface area contributed by atoms with Gasteiger partial charge in [-0.15, -0.1) is 11.3 Å². The van der Waals surface area contributed by atoms with Gasteiger partial charge in [-0.3, -0.25) is 4.79 Å². The summed E-state index contributed by atoms with van der Waals surface area (Å²) < 4.78 is 38.1. The molecule has 1 amide bonds. The topological polar surface area (TPSA) is 42.0 Å². The van der Waals surface area contributed by atoms with E-state index in [2.05, 4.69) is 10.3 Å². The van der Waals surface area contributed by atoms with Crippen LogP contribution in [0.1, 0.15) is 29.3 Å². The van der Waals surface area contributed by atoms with Gasteiger partial charge in [-0.1, -0.05) is 25.1 Å². The van der Waals surface area contributed by atoms with Crippen molar-refractivity contribution in [1.82, 2.24) is 4.98 Å². The van der Waals surface area contributed by atoms with Gasteiger partial charge in [0.25, 0.3) is 0 Å². The number of carbonyl (C=O) groups excluding carboxylic acids is 1. The van der Waals surface area contributed by atoms with Crippen LogP contribution in [0.5, 0.6) is 0 Å². The molecular weight excluding hydrogens is 325 g/mol. The molecule has 3 nitrogen and oxygen atoms in total. The molecule has 0 aliphatic heterocycles. The van der Waals surface area contributed by atoms with Crippen molar-refractivity contribution >= 4 is 22.4 Å². The zero-order chi connectivity index (χ0) is 16.6. The highest BCUT2D eigenvalue weighted by Gasteiger charge is 2.39. The summed E-state index contributed by atoms with van der Waals surface area (Å²) in [7, 11) is 0. The smallest absolute Gasteiger partial charge is 0.302 e. The van der Waals surface area contributed by atoms with Crippen molar-refractivity contribution in [3.63, 3.8) is 0 Å². The van der Waals surface area contributed by atoms with E-state index in [1.54, 1.807) is 12.3 Å². The van der Waals surface area contributed by atoms with E-state index >= 15 is 0 Å². The number of nitrogens with zero attached hydrogens (tertiary/aromatic N) is 1. The number of benzene rings is 1. The number of rotatable bonds is 4. The lowest BCUT2D eigenvalue weighted by molar-refractivity contribution is -0.137. The normalized spacial score (nSPS) is 20.3. The van der Waals surface area contributed by atoms with Crippen molar-refractivity contribution in [2.45, 2.75) is 25.9 Å². The second-order valence-electron chi connectivity index (χ2n) is 5.82. The third kappa shape index (κ3) is 3.90. The van der Waals surface area contributed by atoms with E-state index in [1.807, 2.05) is 6.92 Å². The first-order valence-corrected chi connectivity index (χ1v) is 8.06. The molecule has 2 atom stereocenters. The SMILES string of the molecule is C[C@H]1C[C@H]1C(=O)Nc1ncc(Cc2cccc(C(F)(F)F)c2)s1. The van der Waals surface area contributed by atoms with Gasteiger partial charge >= 0.3 is 6.18 Å². The average Bonchev–Trinajstić information content (AvgIpc) is 3.05. The molecule has 0 spiro atoms. The van der Waals surface area contributed by atoms with Crippen LogP contribution in [0.15, 0.2) is 30.5 Å². The number of alkyl halides is 3. The molecule has 0 saturated heterocycles. The molecule has 1 N–H and O–H groups in total. The molecule has 0 radical (unpaired) electrons.